The Bertz CT molecular complexity index is 957. The van der Waals surface area contributed by atoms with E-state index in [4.69, 9.17) is 0 Å². The van der Waals surface area contributed by atoms with Crippen LogP contribution in [0.4, 0.5) is 15.9 Å². The number of piperidine rings is 1. The molecule has 8 heteroatoms. The molecule has 1 aliphatic rings. The predicted molar refractivity (Wildman–Crippen MR) is 104 cm³/mol. The highest BCUT2D eigenvalue weighted by atomic mass is 19.1. The zero-order chi connectivity index (χ0) is 19.5. The minimum absolute atomic E-state index is 0.101. The quantitative estimate of drug-likeness (QED) is 0.753. The number of carbonyl (C=O) groups is 1. The third-order valence-electron chi connectivity index (χ3n) is 4.96. The summed E-state index contributed by atoms with van der Waals surface area (Å²) in [5, 5.41) is 11.4. The van der Waals surface area contributed by atoms with E-state index in [1.54, 1.807) is 42.3 Å². The molecule has 1 aromatic carbocycles. The fourth-order valence-corrected chi connectivity index (χ4v) is 3.33. The van der Waals surface area contributed by atoms with Gasteiger partial charge in [-0.3, -0.25) is 9.36 Å². The normalized spacial score (nSPS) is 16.8. The standard InChI is InChI=1S/C20H21FN6O/c1-14-4-5-16(11-17(14)21)23-20(28)15-3-2-9-26(12-15)18-6-7-19(25-24-18)27-10-8-22-13-27/h4-8,10-11,13,15H,2-3,9,12H2,1H3,(H,23,28)/t15-/m1/s1. The number of nitrogens with one attached hydrogen (secondary N) is 1. The summed E-state index contributed by atoms with van der Waals surface area (Å²) in [5.74, 6) is 0.817. The Hall–Kier alpha value is -3.29. The fourth-order valence-electron chi connectivity index (χ4n) is 3.33. The molecular weight excluding hydrogens is 359 g/mol. The van der Waals surface area contributed by atoms with Gasteiger partial charge in [0.15, 0.2) is 11.6 Å². The number of hydrogen-bond acceptors (Lipinski definition) is 5. The molecule has 1 aliphatic heterocycles. The number of anilines is 2. The maximum Gasteiger partial charge on any atom is 0.229 e. The number of benzene rings is 1. The molecule has 28 heavy (non-hydrogen) atoms. The van der Waals surface area contributed by atoms with Crippen molar-refractivity contribution in [2.45, 2.75) is 19.8 Å². The second-order valence-corrected chi connectivity index (χ2v) is 6.96. The third-order valence-corrected chi connectivity index (χ3v) is 4.96. The van der Waals surface area contributed by atoms with Crippen molar-refractivity contribution in [2.24, 2.45) is 5.92 Å². The van der Waals surface area contributed by atoms with Crippen molar-refractivity contribution in [3.8, 4) is 5.82 Å². The van der Waals surface area contributed by atoms with E-state index in [0.29, 0.717) is 23.6 Å². The zero-order valence-electron chi connectivity index (χ0n) is 15.5. The van der Waals surface area contributed by atoms with Crippen molar-refractivity contribution in [3.63, 3.8) is 0 Å². The number of aromatic nitrogens is 4. The first-order valence-corrected chi connectivity index (χ1v) is 9.24. The summed E-state index contributed by atoms with van der Waals surface area (Å²) >= 11 is 0. The van der Waals surface area contributed by atoms with Gasteiger partial charge in [0, 0.05) is 31.2 Å². The molecule has 0 bridgehead atoms. The second kappa shape index (κ2) is 7.75. The van der Waals surface area contributed by atoms with Gasteiger partial charge >= 0.3 is 0 Å². The first kappa shape index (κ1) is 18.1. The minimum Gasteiger partial charge on any atom is -0.354 e. The minimum atomic E-state index is -0.323. The summed E-state index contributed by atoms with van der Waals surface area (Å²) in [6.07, 6.45) is 6.82. The molecule has 0 spiro atoms. The lowest BCUT2D eigenvalue weighted by Gasteiger charge is -2.32. The predicted octanol–water partition coefficient (Wildman–Crippen LogP) is 2.96. The van der Waals surface area contributed by atoms with Crippen LogP contribution in [0.5, 0.6) is 0 Å². The van der Waals surface area contributed by atoms with Gasteiger partial charge in [-0.2, -0.15) is 0 Å². The van der Waals surface area contributed by atoms with Crippen LogP contribution in [0, 0.1) is 18.7 Å². The van der Waals surface area contributed by atoms with Crippen molar-refractivity contribution in [3.05, 3.63) is 60.4 Å². The average molecular weight is 380 g/mol. The van der Waals surface area contributed by atoms with E-state index in [-0.39, 0.29) is 17.6 Å². The number of carbonyl (C=O) groups excluding carboxylic acids is 1. The van der Waals surface area contributed by atoms with E-state index < -0.39 is 0 Å². The summed E-state index contributed by atoms with van der Waals surface area (Å²) in [5.41, 5.74) is 1.04. The van der Waals surface area contributed by atoms with E-state index in [0.717, 1.165) is 25.2 Å². The number of aryl methyl sites for hydroxylation is 1. The number of halogens is 1. The third kappa shape index (κ3) is 3.85. The van der Waals surface area contributed by atoms with Crippen LogP contribution < -0.4 is 10.2 Å². The summed E-state index contributed by atoms with van der Waals surface area (Å²) in [4.78, 5) is 18.7. The molecule has 1 N–H and O–H groups in total. The molecular formula is C20H21FN6O. The van der Waals surface area contributed by atoms with Crippen molar-refractivity contribution < 1.29 is 9.18 Å². The SMILES string of the molecule is Cc1ccc(NC(=O)[C@@H]2CCCN(c3ccc(-n4ccnc4)nn3)C2)cc1F. The van der Waals surface area contributed by atoms with E-state index in [1.807, 2.05) is 12.1 Å². The van der Waals surface area contributed by atoms with Gasteiger partial charge in [-0.15, -0.1) is 10.2 Å². The summed E-state index contributed by atoms with van der Waals surface area (Å²) in [6.45, 7) is 3.07. The molecule has 7 nitrogen and oxygen atoms in total. The van der Waals surface area contributed by atoms with Gasteiger partial charge in [-0.05, 0) is 49.6 Å². The van der Waals surface area contributed by atoms with E-state index in [2.05, 4.69) is 25.4 Å². The van der Waals surface area contributed by atoms with Crippen LogP contribution in [0.3, 0.4) is 0 Å². The van der Waals surface area contributed by atoms with Crippen molar-refractivity contribution in [1.29, 1.82) is 0 Å². The van der Waals surface area contributed by atoms with Crippen LogP contribution in [0.1, 0.15) is 18.4 Å². The molecule has 2 aromatic heterocycles. The first-order chi connectivity index (χ1) is 13.6. The number of nitrogens with zero attached hydrogens (tertiary/aromatic N) is 5. The molecule has 0 unspecified atom stereocenters. The average Bonchev–Trinajstić information content (AvgIpc) is 3.26. The number of rotatable bonds is 4. The molecule has 1 amide bonds. The molecule has 0 aliphatic carbocycles. The molecule has 3 heterocycles. The Morgan fingerprint density at radius 1 is 1.21 bits per heavy atom. The smallest absolute Gasteiger partial charge is 0.229 e. The van der Waals surface area contributed by atoms with Gasteiger partial charge < -0.3 is 10.2 Å². The van der Waals surface area contributed by atoms with Gasteiger partial charge in [0.1, 0.15) is 12.1 Å². The maximum atomic E-state index is 13.7. The van der Waals surface area contributed by atoms with Gasteiger partial charge in [0.05, 0.1) is 5.92 Å². The van der Waals surface area contributed by atoms with E-state index in [1.165, 1.54) is 6.07 Å². The Labute approximate surface area is 162 Å². The molecule has 144 valence electrons. The van der Waals surface area contributed by atoms with Crippen molar-refractivity contribution in [1.82, 2.24) is 19.7 Å². The van der Waals surface area contributed by atoms with Crippen molar-refractivity contribution in [2.75, 3.05) is 23.3 Å². The second-order valence-electron chi connectivity index (χ2n) is 6.96. The highest BCUT2D eigenvalue weighted by Crippen LogP contribution is 2.23. The lowest BCUT2D eigenvalue weighted by Crippen LogP contribution is -2.41. The topological polar surface area (TPSA) is 75.9 Å². The zero-order valence-corrected chi connectivity index (χ0v) is 15.5. The number of imidazole rings is 1. The van der Waals surface area contributed by atoms with Crippen LogP contribution in [0.25, 0.3) is 5.82 Å². The molecule has 4 rings (SSSR count). The summed E-state index contributed by atoms with van der Waals surface area (Å²) in [7, 11) is 0. The lowest BCUT2D eigenvalue weighted by atomic mass is 9.97. The molecule has 3 aromatic rings. The monoisotopic (exact) mass is 380 g/mol. The van der Waals surface area contributed by atoms with E-state index >= 15 is 0 Å². The maximum absolute atomic E-state index is 13.7. The van der Waals surface area contributed by atoms with Gasteiger partial charge in [-0.25, -0.2) is 9.37 Å². The van der Waals surface area contributed by atoms with Crippen LogP contribution in [0.2, 0.25) is 0 Å². The molecule has 1 atom stereocenters. The Balaban J connectivity index is 1.42. The molecule has 1 fully saturated rings. The largest absolute Gasteiger partial charge is 0.354 e. The Morgan fingerprint density at radius 3 is 2.75 bits per heavy atom. The van der Waals surface area contributed by atoms with Gasteiger partial charge in [-0.1, -0.05) is 6.07 Å². The first-order valence-electron chi connectivity index (χ1n) is 9.24. The van der Waals surface area contributed by atoms with E-state index in [9.17, 15) is 9.18 Å². The highest BCUT2D eigenvalue weighted by molar-refractivity contribution is 5.93. The molecule has 1 saturated heterocycles. The Morgan fingerprint density at radius 2 is 2.04 bits per heavy atom. The van der Waals surface area contributed by atoms with Crippen molar-refractivity contribution >= 4 is 17.4 Å². The highest BCUT2D eigenvalue weighted by Gasteiger charge is 2.27. The summed E-state index contributed by atoms with van der Waals surface area (Å²) < 4.78 is 15.5. The Kier molecular flexibility index (Phi) is 5.01. The fraction of sp³-hybridized carbons (Fsp3) is 0.300. The van der Waals surface area contributed by atoms with Crippen LogP contribution in [0.15, 0.2) is 49.1 Å². The van der Waals surface area contributed by atoms with Crippen LogP contribution in [-0.4, -0.2) is 38.7 Å². The van der Waals surface area contributed by atoms with Gasteiger partial charge in [0.25, 0.3) is 0 Å². The number of hydrogen-bond donors (Lipinski definition) is 1. The summed E-state index contributed by atoms with van der Waals surface area (Å²) in [6, 6.07) is 8.52. The molecule has 0 saturated carbocycles. The lowest BCUT2D eigenvalue weighted by molar-refractivity contribution is -0.120. The number of amides is 1. The molecule has 0 radical (unpaired) electrons. The van der Waals surface area contributed by atoms with Crippen LogP contribution >= 0.6 is 0 Å². The van der Waals surface area contributed by atoms with Crippen LogP contribution in [-0.2, 0) is 4.79 Å². The van der Waals surface area contributed by atoms with Gasteiger partial charge in [0.2, 0.25) is 5.91 Å².